The number of rotatable bonds is 4. The third-order valence-electron chi connectivity index (χ3n) is 3.85. The Morgan fingerprint density at radius 2 is 1.68 bits per heavy atom. The number of amides is 1. The SMILES string of the molecule is C[C@H](O)C(=O)N(c1ccc([N+](=O)[O-])cc1)c1ccccc1C(C)(C)C. The van der Waals surface area contributed by atoms with Crippen molar-refractivity contribution in [3.63, 3.8) is 0 Å². The van der Waals surface area contributed by atoms with Gasteiger partial charge in [0.25, 0.3) is 11.6 Å². The van der Waals surface area contributed by atoms with Crippen molar-refractivity contribution in [2.24, 2.45) is 0 Å². The average Bonchev–Trinajstić information content (AvgIpc) is 2.55. The van der Waals surface area contributed by atoms with Crippen LogP contribution in [0.15, 0.2) is 48.5 Å². The van der Waals surface area contributed by atoms with Gasteiger partial charge in [0.15, 0.2) is 0 Å². The molecule has 2 rings (SSSR count). The molecule has 0 heterocycles. The summed E-state index contributed by atoms with van der Waals surface area (Å²) in [5.41, 5.74) is 1.76. The second kappa shape index (κ2) is 7.03. The van der Waals surface area contributed by atoms with E-state index >= 15 is 0 Å². The Kier molecular flexibility index (Phi) is 5.23. The molecule has 2 aromatic carbocycles. The van der Waals surface area contributed by atoms with Crippen molar-refractivity contribution in [3.8, 4) is 0 Å². The van der Waals surface area contributed by atoms with Crippen molar-refractivity contribution in [1.82, 2.24) is 0 Å². The number of para-hydroxylation sites is 1. The van der Waals surface area contributed by atoms with Gasteiger partial charge in [-0.2, -0.15) is 0 Å². The predicted molar refractivity (Wildman–Crippen MR) is 97.1 cm³/mol. The minimum Gasteiger partial charge on any atom is -0.384 e. The first-order chi connectivity index (χ1) is 11.6. The van der Waals surface area contributed by atoms with E-state index in [2.05, 4.69) is 0 Å². The Hall–Kier alpha value is -2.73. The fraction of sp³-hybridized carbons (Fsp3) is 0.316. The summed E-state index contributed by atoms with van der Waals surface area (Å²) in [6.07, 6.45) is -1.21. The standard InChI is InChI=1S/C19H22N2O4/c1-13(22)18(23)20(14-9-11-15(12-10-14)21(24)25)17-8-6-5-7-16(17)19(2,3)4/h5-13,22H,1-4H3/t13-/m0/s1. The average molecular weight is 342 g/mol. The number of nitro benzene ring substituents is 1. The largest absolute Gasteiger partial charge is 0.384 e. The molecule has 0 fully saturated rings. The van der Waals surface area contributed by atoms with Crippen LogP contribution >= 0.6 is 0 Å². The van der Waals surface area contributed by atoms with Crippen LogP contribution < -0.4 is 4.90 Å². The Morgan fingerprint density at radius 1 is 1.12 bits per heavy atom. The zero-order valence-corrected chi connectivity index (χ0v) is 14.8. The fourth-order valence-electron chi connectivity index (χ4n) is 2.60. The van der Waals surface area contributed by atoms with Crippen LogP contribution in [0.4, 0.5) is 17.1 Å². The molecule has 0 bridgehead atoms. The highest BCUT2D eigenvalue weighted by Crippen LogP contribution is 2.36. The molecule has 1 atom stereocenters. The molecule has 25 heavy (non-hydrogen) atoms. The molecule has 2 aromatic rings. The van der Waals surface area contributed by atoms with Crippen LogP contribution in [0, 0.1) is 10.1 Å². The Labute approximate surface area is 146 Å². The van der Waals surface area contributed by atoms with Crippen molar-refractivity contribution in [3.05, 3.63) is 64.2 Å². The number of hydrogen-bond donors (Lipinski definition) is 1. The van der Waals surface area contributed by atoms with Crippen molar-refractivity contribution in [2.75, 3.05) is 4.90 Å². The number of carbonyl (C=O) groups is 1. The highest BCUT2D eigenvalue weighted by molar-refractivity contribution is 6.03. The molecule has 0 spiro atoms. The molecule has 1 N–H and O–H groups in total. The fourth-order valence-corrected chi connectivity index (χ4v) is 2.60. The van der Waals surface area contributed by atoms with Gasteiger partial charge in [0.2, 0.25) is 0 Å². The number of hydrogen-bond acceptors (Lipinski definition) is 4. The summed E-state index contributed by atoms with van der Waals surface area (Å²) in [5.74, 6) is -0.495. The van der Waals surface area contributed by atoms with Gasteiger partial charge in [-0.3, -0.25) is 19.8 Å². The Balaban J connectivity index is 2.63. The van der Waals surface area contributed by atoms with Crippen molar-refractivity contribution >= 4 is 23.0 Å². The van der Waals surface area contributed by atoms with Crippen LogP contribution in [0.2, 0.25) is 0 Å². The van der Waals surface area contributed by atoms with Crippen molar-refractivity contribution in [1.29, 1.82) is 0 Å². The number of anilines is 2. The van der Waals surface area contributed by atoms with E-state index in [0.29, 0.717) is 11.4 Å². The number of carbonyl (C=O) groups excluding carboxylic acids is 1. The third-order valence-corrected chi connectivity index (χ3v) is 3.85. The summed E-state index contributed by atoms with van der Waals surface area (Å²) < 4.78 is 0. The highest BCUT2D eigenvalue weighted by Gasteiger charge is 2.28. The molecule has 1 amide bonds. The van der Waals surface area contributed by atoms with Gasteiger partial charge >= 0.3 is 0 Å². The summed E-state index contributed by atoms with van der Waals surface area (Å²) >= 11 is 0. The smallest absolute Gasteiger partial charge is 0.269 e. The zero-order valence-electron chi connectivity index (χ0n) is 14.8. The molecule has 0 saturated carbocycles. The highest BCUT2D eigenvalue weighted by atomic mass is 16.6. The Bertz CT molecular complexity index is 777. The van der Waals surface area contributed by atoms with Gasteiger partial charge in [-0.05, 0) is 36.1 Å². The summed E-state index contributed by atoms with van der Waals surface area (Å²) in [6, 6.07) is 13.2. The van der Waals surface area contributed by atoms with E-state index in [9.17, 15) is 20.0 Å². The molecule has 132 valence electrons. The molecule has 6 heteroatoms. The van der Waals surface area contributed by atoms with E-state index in [1.54, 1.807) is 0 Å². The maximum absolute atomic E-state index is 12.7. The number of aliphatic hydroxyl groups excluding tert-OH is 1. The molecule has 0 aliphatic carbocycles. The summed E-state index contributed by atoms with van der Waals surface area (Å²) in [5, 5.41) is 20.7. The normalized spacial score (nSPS) is 12.5. The van der Waals surface area contributed by atoms with E-state index in [1.807, 2.05) is 45.0 Å². The zero-order chi connectivity index (χ0) is 18.8. The predicted octanol–water partition coefficient (Wildman–Crippen LogP) is 3.94. The molecular weight excluding hydrogens is 320 g/mol. The minimum absolute atomic E-state index is 0.0581. The first kappa shape index (κ1) is 18.6. The Morgan fingerprint density at radius 3 is 2.16 bits per heavy atom. The van der Waals surface area contributed by atoms with E-state index < -0.39 is 16.9 Å². The lowest BCUT2D eigenvalue weighted by atomic mass is 9.85. The molecule has 0 aliphatic heterocycles. The number of nitrogens with zero attached hydrogens (tertiary/aromatic N) is 2. The van der Waals surface area contributed by atoms with Gasteiger partial charge in [-0.25, -0.2) is 0 Å². The van der Waals surface area contributed by atoms with E-state index in [0.717, 1.165) is 5.56 Å². The van der Waals surface area contributed by atoms with Gasteiger partial charge in [0.1, 0.15) is 6.10 Å². The van der Waals surface area contributed by atoms with Crippen LogP contribution in [-0.2, 0) is 10.2 Å². The lowest BCUT2D eigenvalue weighted by molar-refractivity contribution is -0.384. The van der Waals surface area contributed by atoms with E-state index in [-0.39, 0.29) is 11.1 Å². The molecule has 0 aromatic heterocycles. The molecule has 0 radical (unpaired) electrons. The molecule has 0 aliphatic rings. The number of aliphatic hydroxyl groups is 1. The van der Waals surface area contributed by atoms with Crippen LogP contribution in [0.5, 0.6) is 0 Å². The van der Waals surface area contributed by atoms with Crippen LogP contribution in [0.25, 0.3) is 0 Å². The quantitative estimate of drug-likeness (QED) is 0.674. The number of nitro groups is 1. The topological polar surface area (TPSA) is 83.7 Å². The van der Waals surface area contributed by atoms with Gasteiger partial charge < -0.3 is 5.11 Å². The van der Waals surface area contributed by atoms with Crippen LogP contribution in [0.3, 0.4) is 0 Å². The van der Waals surface area contributed by atoms with Gasteiger partial charge in [0.05, 0.1) is 10.6 Å². The summed E-state index contributed by atoms with van der Waals surface area (Å²) in [7, 11) is 0. The second-order valence-electron chi connectivity index (χ2n) is 6.89. The molecular formula is C19H22N2O4. The van der Waals surface area contributed by atoms with Crippen molar-refractivity contribution < 1.29 is 14.8 Å². The van der Waals surface area contributed by atoms with Gasteiger partial charge in [0, 0.05) is 17.8 Å². The summed E-state index contributed by atoms with van der Waals surface area (Å²) in [6.45, 7) is 7.51. The summed E-state index contributed by atoms with van der Waals surface area (Å²) in [4.78, 5) is 24.5. The first-order valence-corrected chi connectivity index (χ1v) is 7.99. The lowest BCUT2D eigenvalue weighted by Crippen LogP contribution is -2.35. The second-order valence-corrected chi connectivity index (χ2v) is 6.89. The van der Waals surface area contributed by atoms with Gasteiger partial charge in [-0.1, -0.05) is 39.0 Å². The molecule has 0 unspecified atom stereocenters. The monoisotopic (exact) mass is 342 g/mol. The maximum atomic E-state index is 12.7. The first-order valence-electron chi connectivity index (χ1n) is 7.99. The number of non-ortho nitro benzene ring substituents is 1. The van der Waals surface area contributed by atoms with Crippen LogP contribution in [0.1, 0.15) is 33.3 Å². The minimum atomic E-state index is -1.21. The van der Waals surface area contributed by atoms with E-state index in [4.69, 9.17) is 0 Å². The van der Waals surface area contributed by atoms with Gasteiger partial charge in [-0.15, -0.1) is 0 Å². The van der Waals surface area contributed by atoms with E-state index in [1.165, 1.54) is 36.1 Å². The molecule has 0 saturated heterocycles. The molecule has 6 nitrogen and oxygen atoms in total. The third kappa shape index (κ3) is 4.03. The van der Waals surface area contributed by atoms with Crippen molar-refractivity contribution in [2.45, 2.75) is 39.2 Å². The number of benzene rings is 2. The maximum Gasteiger partial charge on any atom is 0.269 e. The lowest BCUT2D eigenvalue weighted by Gasteiger charge is -2.31. The van der Waals surface area contributed by atoms with Crippen LogP contribution in [-0.4, -0.2) is 22.0 Å².